The van der Waals surface area contributed by atoms with Crippen molar-refractivity contribution < 1.29 is 4.74 Å². The molecule has 148 valence electrons. The van der Waals surface area contributed by atoms with Crippen LogP contribution in [0.1, 0.15) is 28.1 Å². The number of aromatic nitrogens is 2. The van der Waals surface area contributed by atoms with Crippen molar-refractivity contribution in [2.45, 2.75) is 20.4 Å². The third-order valence-electron chi connectivity index (χ3n) is 5.31. The minimum atomic E-state index is 0. The summed E-state index contributed by atoms with van der Waals surface area (Å²) in [5.41, 5.74) is 7.16. The molecule has 0 bridgehead atoms. The Balaban J connectivity index is 0.00000240. The molecule has 2 aromatic heterocycles. The summed E-state index contributed by atoms with van der Waals surface area (Å²) in [4.78, 5) is 4.68. The molecule has 0 saturated heterocycles. The monoisotopic (exact) mass is 404 g/mol. The van der Waals surface area contributed by atoms with Crippen molar-refractivity contribution >= 4 is 35.5 Å². The number of rotatable bonds is 5. The highest BCUT2D eigenvalue weighted by Gasteiger charge is 2.14. The maximum atomic E-state index is 5.28. The van der Waals surface area contributed by atoms with Crippen molar-refractivity contribution in [2.75, 3.05) is 7.11 Å². The van der Waals surface area contributed by atoms with E-state index in [1.807, 2.05) is 36.5 Å². The maximum absolute atomic E-state index is 5.28. The van der Waals surface area contributed by atoms with Gasteiger partial charge in [-0.05, 0) is 54.8 Å². The lowest BCUT2D eigenvalue weighted by molar-refractivity contribution is 0.414. The van der Waals surface area contributed by atoms with Crippen LogP contribution in [-0.4, -0.2) is 16.7 Å². The van der Waals surface area contributed by atoms with Gasteiger partial charge in [0.2, 0.25) is 0 Å². The lowest BCUT2D eigenvalue weighted by Crippen LogP contribution is -2.03. The number of ether oxygens (including phenoxy) is 1. The average Bonchev–Trinajstić information content (AvgIpc) is 2.99. The number of nitrogens with zero attached hydrogens (tertiary/aromatic N) is 2. The Bertz CT molecular complexity index is 1130. The van der Waals surface area contributed by atoms with E-state index in [9.17, 15) is 0 Å². The van der Waals surface area contributed by atoms with Crippen LogP contribution in [0.2, 0.25) is 0 Å². The second-order valence-electron chi connectivity index (χ2n) is 6.98. The maximum Gasteiger partial charge on any atom is 0.118 e. The van der Waals surface area contributed by atoms with Gasteiger partial charge in [-0.15, -0.1) is 12.4 Å². The molecule has 4 aromatic rings. The Hall–Kier alpha value is -3.04. The summed E-state index contributed by atoms with van der Waals surface area (Å²) in [6.07, 6.45) is 6.13. The number of hydrogen-bond donors (Lipinski definition) is 0. The molecule has 2 aromatic carbocycles. The molecule has 0 aliphatic rings. The number of hydrogen-bond acceptors (Lipinski definition) is 2. The zero-order chi connectivity index (χ0) is 19.5. The highest BCUT2D eigenvalue weighted by molar-refractivity contribution is 5.92. The number of halogens is 1. The van der Waals surface area contributed by atoms with Crippen LogP contribution in [0.15, 0.2) is 66.9 Å². The van der Waals surface area contributed by atoms with Gasteiger partial charge in [-0.3, -0.25) is 4.98 Å². The van der Waals surface area contributed by atoms with E-state index in [1.54, 1.807) is 7.11 Å². The van der Waals surface area contributed by atoms with Crippen molar-refractivity contribution in [3.8, 4) is 5.75 Å². The van der Waals surface area contributed by atoms with Gasteiger partial charge in [0.05, 0.1) is 18.3 Å². The van der Waals surface area contributed by atoms with Crippen LogP contribution in [0.25, 0.3) is 23.1 Å². The number of aryl methyl sites for hydroxylation is 1. The van der Waals surface area contributed by atoms with Crippen molar-refractivity contribution in [3.63, 3.8) is 0 Å². The first-order valence-electron chi connectivity index (χ1n) is 9.48. The summed E-state index contributed by atoms with van der Waals surface area (Å²) in [5, 5.41) is 1.26. The fraction of sp³-hybridized carbons (Fsp3) is 0.160. The lowest BCUT2D eigenvalue weighted by Gasteiger charge is -2.11. The molecule has 0 N–H and O–H groups in total. The quantitative estimate of drug-likeness (QED) is 0.390. The van der Waals surface area contributed by atoms with Crippen LogP contribution in [0.4, 0.5) is 0 Å². The largest absolute Gasteiger partial charge is 0.497 e. The van der Waals surface area contributed by atoms with Crippen LogP contribution < -0.4 is 4.74 Å². The first-order chi connectivity index (χ1) is 13.7. The second-order valence-corrected chi connectivity index (χ2v) is 6.98. The van der Waals surface area contributed by atoms with Gasteiger partial charge in [0, 0.05) is 23.8 Å². The highest BCUT2D eigenvalue weighted by atomic mass is 35.5. The first-order valence-corrected chi connectivity index (χ1v) is 9.48. The average molecular weight is 405 g/mol. The van der Waals surface area contributed by atoms with Gasteiger partial charge >= 0.3 is 0 Å². The molecule has 0 fully saturated rings. The van der Waals surface area contributed by atoms with Gasteiger partial charge in [0.25, 0.3) is 0 Å². The Morgan fingerprint density at radius 1 is 0.931 bits per heavy atom. The van der Waals surface area contributed by atoms with Gasteiger partial charge in [0.15, 0.2) is 0 Å². The van der Waals surface area contributed by atoms with Gasteiger partial charge in [-0.2, -0.15) is 0 Å². The van der Waals surface area contributed by atoms with Crippen molar-refractivity contribution in [2.24, 2.45) is 0 Å². The van der Waals surface area contributed by atoms with E-state index in [1.165, 1.54) is 33.3 Å². The van der Waals surface area contributed by atoms with E-state index in [0.717, 1.165) is 18.0 Å². The molecule has 29 heavy (non-hydrogen) atoms. The Kier molecular flexibility index (Phi) is 6.40. The molecule has 0 radical (unpaired) electrons. The first kappa shape index (κ1) is 20.7. The topological polar surface area (TPSA) is 27.1 Å². The molecule has 0 amide bonds. The standard InChI is InChI=1S/C25H24N2O.ClH/c1-18-19(2)27(17-21-9-12-22(28-3)13-10-21)25-23(18)15-16-26-24(25)14-11-20-7-5-4-6-8-20;/h4-16H,17H2,1-3H3;1H/b14-11+;. The molecule has 0 unspecified atom stereocenters. The number of benzene rings is 2. The summed E-state index contributed by atoms with van der Waals surface area (Å²) < 4.78 is 7.65. The van der Waals surface area contributed by atoms with E-state index >= 15 is 0 Å². The molecule has 2 heterocycles. The van der Waals surface area contributed by atoms with E-state index in [-0.39, 0.29) is 12.4 Å². The van der Waals surface area contributed by atoms with Gasteiger partial charge in [-0.25, -0.2) is 0 Å². The molecule has 0 aliphatic heterocycles. The third kappa shape index (κ3) is 4.20. The minimum Gasteiger partial charge on any atom is -0.497 e. The molecule has 0 saturated carbocycles. The summed E-state index contributed by atoms with van der Waals surface area (Å²) in [7, 11) is 1.69. The molecule has 4 rings (SSSR count). The Labute approximate surface area is 178 Å². The smallest absolute Gasteiger partial charge is 0.118 e. The fourth-order valence-corrected chi connectivity index (χ4v) is 3.59. The Morgan fingerprint density at radius 3 is 2.34 bits per heavy atom. The van der Waals surface area contributed by atoms with Crippen LogP contribution in [0.3, 0.4) is 0 Å². The van der Waals surface area contributed by atoms with Crippen LogP contribution in [0.5, 0.6) is 5.75 Å². The summed E-state index contributed by atoms with van der Waals surface area (Å²) in [5.74, 6) is 0.877. The second kappa shape index (κ2) is 8.97. The zero-order valence-electron chi connectivity index (χ0n) is 16.9. The predicted octanol–water partition coefficient (Wildman–Crippen LogP) is 6.30. The minimum absolute atomic E-state index is 0. The van der Waals surface area contributed by atoms with E-state index in [2.05, 4.69) is 65.9 Å². The number of methoxy groups -OCH3 is 1. The van der Waals surface area contributed by atoms with Crippen LogP contribution >= 0.6 is 12.4 Å². The van der Waals surface area contributed by atoms with Crippen molar-refractivity contribution in [1.29, 1.82) is 0 Å². The molecule has 0 aliphatic carbocycles. The van der Waals surface area contributed by atoms with Crippen molar-refractivity contribution in [1.82, 2.24) is 9.55 Å². The molecular weight excluding hydrogens is 380 g/mol. The van der Waals surface area contributed by atoms with Crippen LogP contribution in [-0.2, 0) is 6.54 Å². The SMILES string of the molecule is COc1ccc(Cn2c(C)c(C)c3ccnc(/C=C/c4ccccc4)c32)cc1.Cl. The summed E-state index contributed by atoms with van der Waals surface area (Å²) in [6.45, 7) is 5.18. The molecule has 0 spiro atoms. The van der Waals surface area contributed by atoms with E-state index < -0.39 is 0 Å². The van der Waals surface area contributed by atoms with E-state index in [4.69, 9.17) is 4.74 Å². The molecule has 4 heteroatoms. The van der Waals surface area contributed by atoms with Gasteiger partial charge < -0.3 is 9.30 Å². The lowest BCUT2D eigenvalue weighted by atomic mass is 10.1. The van der Waals surface area contributed by atoms with Gasteiger partial charge in [-0.1, -0.05) is 48.5 Å². The summed E-state index contributed by atoms with van der Waals surface area (Å²) >= 11 is 0. The van der Waals surface area contributed by atoms with Crippen LogP contribution in [0, 0.1) is 13.8 Å². The third-order valence-corrected chi connectivity index (χ3v) is 5.31. The Morgan fingerprint density at radius 2 is 1.66 bits per heavy atom. The highest BCUT2D eigenvalue weighted by Crippen LogP contribution is 2.29. The summed E-state index contributed by atoms with van der Waals surface area (Å²) in [6, 6.07) is 20.7. The molecule has 3 nitrogen and oxygen atoms in total. The van der Waals surface area contributed by atoms with Crippen molar-refractivity contribution in [3.05, 3.63) is 94.9 Å². The number of pyridine rings is 1. The predicted molar refractivity (Wildman–Crippen MR) is 124 cm³/mol. The van der Waals surface area contributed by atoms with Gasteiger partial charge in [0.1, 0.15) is 5.75 Å². The molecular formula is C25H25ClN2O. The fourth-order valence-electron chi connectivity index (χ4n) is 3.59. The number of fused-ring (bicyclic) bond motifs is 1. The van der Waals surface area contributed by atoms with E-state index in [0.29, 0.717) is 0 Å². The zero-order valence-corrected chi connectivity index (χ0v) is 17.7. The molecule has 0 atom stereocenters. The normalized spacial score (nSPS) is 11.0.